The van der Waals surface area contributed by atoms with E-state index in [-0.39, 0.29) is 5.22 Å². The van der Waals surface area contributed by atoms with Gasteiger partial charge in [-0.05, 0) is 11.6 Å². The Balaban J connectivity index is 3.04. The number of nitrogens with zero attached hydrogens (tertiary/aromatic N) is 1. The lowest BCUT2D eigenvalue weighted by Crippen LogP contribution is -1.51. The first-order chi connectivity index (χ1) is 3.29. The minimum absolute atomic E-state index is 0.269. The molecule has 7 heavy (non-hydrogen) atoms. The van der Waals surface area contributed by atoms with E-state index < -0.39 is 0 Å². The van der Waals surface area contributed by atoms with Crippen LogP contribution >= 0.6 is 24.2 Å². The fraction of sp³-hybridized carbons (Fsp3) is 0. The molecular formula is C3H2ClNOS. The van der Waals surface area contributed by atoms with Gasteiger partial charge in [0.15, 0.2) is 0 Å². The van der Waals surface area contributed by atoms with Gasteiger partial charge in [0.2, 0.25) is 5.22 Å². The zero-order valence-electron chi connectivity index (χ0n) is 3.26. The topological polar surface area (TPSA) is 26.0 Å². The molecule has 0 aromatic carbocycles. The Bertz CT molecular complexity index is 147. The molecule has 0 saturated carbocycles. The van der Waals surface area contributed by atoms with Crippen LogP contribution in [0.15, 0.2) is 15.8 Å². The molecule has 0 aliphatic rings. The van der Waals surface area contributed by atoms with Crippen molar-refractivity contribution in [3.05, 3.63) is 11.4 Å². The summed E-state index contributed by atoms with van der Waals surface area (Å²) in [5.41, 5.74) is 0. The summed E-state index contributed by atoms with van der Waals surface area (Å²) in [6, 6.07) is 0. The first kappa shape index (κ1) is 5.00. The van der Waals surface area contributed by atoms with E-state index in [4.69, 9.17) is 11.6 Å². The third kappa shape index (κ3) is 1.11. The monoisotopic (exact) mass is 135 g/mol. The summed E-state index contributed by atoms with van der Waals surface area (Å²) >= 11 is 9.03. The van der Waals surface area contributed by atoms with E-state index in [1.807, 2.05) is 0 Å². The van der Waals surface area contributed by atoms with Crippen LogP contribution in [0, 0.1) is 0 Å². The van der Waals surface area contributed by atoms with Gasteiger partial charge in [-0.2, -0.15) is 0 Å². The summed E-state index contributed by atoms with van der Waals surface area (Å²) in [6.45, 7) is 0. The molecule has 0 fully saturated rings. The van der Waals surface area contributed by atoms with Gasteiger partial charge in [-0.3, -0.25) is 0 Å². The van der Waals surface area contributed by atoms with Gasteiger partial charge in [-0.1, -0.05) is 12.6 Å². The summed E-state index contributed by atoms with van der Waals surface area (Å²) in [4.78, 5) is 3.58. The highest BCUT2D eigenvalue weighted by Crippen LogP contribution is 2.10. The number of oxazole rings is 1. The Morgan fingerprint density at radius 3 is 2.71 bits per heavy atom. The quantitative estimate of drug-likeness (QED) is 0.547. The molecule has 0 unspecified atom stereocenters. The van der Waals surface area contributed by atoms with Crippen molar-refractivity contribution < 1.29 is 4.42 Å². The highest BCUT2D eigenvalue weighted by molar-refractivity contribution is 7.80. The minimum atomic E-state index is 0.269. The van der Waals surface area contributed by atoms with Crippen LogP contribution in [-0.2, 0) is 0 Å². The molecule has 1 rings (SSSR count). The molecule has 1 heterocycles. The van der Waals surface area contributed by atoms with Gasteiger partial charge in [-0.25, -0.2) is 4.98 Å². The summed E-state index contributed by atoms with van der Waals surface area (Å²) in [7, 11) is 0. The Morgan fingerprint density at radius 2 is 2.57 bits per heavy atom. The van der Waals surface area contributed by atoms with E-state index in [9.17, 15) is 0 Å². The molecule has 2 nitrogen and oxygen atoms in total. The zero-order chi connectivity index (χ0) is 5.28. The number of rotatable bonds is 0. The van der Waals surface area contributed by atoms with Crippen LogP contribution in [0.5, 0.6) is 0 Å². The fourth-order valence-corrected chi connectivity index (χ4v) is 0.578. The third-order valence-corrected chi connectivity index (χ3v) is 0.847. The summed E-state index contributed by atoms with van der Waals surface area (Å²) in [5.74, 6) is 0. The molecule has 38 valence electrons. The standard InChI is InChI=1S/C3H2ClNOS/c4-2-1-5-3(7)6-2/h1H,(H,5,7). The fourth-order valence-electron chi connectivity index (χ4n) is 0.246. The second-order valence-corrected chi connectivity index (χ2v) is 1.70. The van der Waals surface area contributed by atoms with E-state index in [1.165, 1.54) is 6.20 Å². The van der Waals surface area contributed by atoms with Crippen molar-refractivity contribution in [2.45, 2.75) is 5.22 Å². The average Bonchev–Trinajstić information content (AvgIpc) is 1.87. The Morgan fingerprint density at radius 1 is 1.86 bits per heavy atom. The predicted octanol–water partition coefficient (Wildman–Crippen LogP) is 1.62. The van der Waals surface area contributed by atoms with Crippen LogP contribution in [0.4, 0.5) is 0 Å². The molecular weight excluding hydrogens is 134 g/mol. The van der Waals surface area contributed by atoms with E-state index in [0.717, 1.165) is 0 Å². The van der Waals surface area contributed by atoms with Crippen molar-refractivity contribution in [2.75, 3.05) is 0 Å². The number of hydrogen-bond donors (Lipinski definition) is 1. The summed E-state index contributed by atoms with van der Waals surface area (Å²) < 4.78 is 4.60. The normalized spacial score (nSPS) is 9.43. The summed E-state index contributed by atoms with van der Waals surface area (Å²) in [6.07, 6.45) is 1.39. The first-order valence-corrected chi connectivity index (χ1v) is 2.42. The van der Waals surface area contributed by atoms with Gasteiger partial charge in [0, 0.05) is 0 Å². The molecule has 0 spiro atoms. The van der Waals surface area contributed by atoms with Crippen molar-refractivity contribution in [1.82, 2.24) is 4.98 Å². The summed E-state index contributed by atoms with van der Waals surface area (Å²) in [5, 5.41) is 0.565. The number of halogens is 1. The molecule has 4 heteroatoms. The van der Waals surface area contributed by atoms with E-state index >= 15 is 0 Å². The highest BCUT2D eigenvalue weighted by Gasteiger charge is 1.91. The molecule has 1 aromatic heterocycles. The molecule has 0 radical (unpaired) electrons. The smallest absolute Gasteiger partial charge is 0.253 e. The SMILES string of the molecule is Sc1ncc(Cl)o1. The van der Waals surface area contributed by atoms with Gasteiger partial charge in [0.1, 0.15) is 0 Å². The maximum atomic E-state index is 5.28. The zero-order valence-corrected chi connectivity index (χ0v) is 4.91. The lowest BCUT2D eigenvalue weighted by Gasteiger charge is -1.70. The second-order valence-electron chi connectivity index (χ2n) is 0.947. The van der Waals surface area contributed by atoms with Crippen LogP contribution in [0.2, 0.25) is 5.22 Å². The third-order valence-electron chi connectivity index (χ3n) is 0.465. The van der Waals surface area contributed by atoms with Gasteiger partial charge in [0.25, 0.3) is 5.22 Å². The molecule has 0 aliphatic heterocycles. The Hall–Kier alpha value is -0.150. The second kappa shape index (κ2) is 1.76. The van der Waals surface area contributed by atoms with Crippen molar-refractivity contribution in [3.8, 4) is 0 Å². The average molecular weight is 136 g/mol. The van der Waals surface area contributed by atoms with Crippen molar-refractivity contribution in [3.63, 3.8) is 0 Å². The molecule has 0 amide bonds. The maximum absolute atomic E-state index is 5.28. The van der Waals surface area contributed by atoms with Gasteiger partial charge in [0.05, 0.1) is 6.20 Å². The van der Waals surface area contributed by atoms with E-state index in [2.05, 4.69) is 22.0 Å². The van der Waals surface area contributed by atoms with Crippen LogP contribution in [-0.4, -0.2) is 4.98 Å². The van der Waals surface area contributed by atoms with Crippen LogP contribution in [0.3, 0.4) is 0 Å². The van der Waals surface area contributed by atoms with Gasteiger partial charge in [-0.15, -0.1) is 0 Å². The van der Waals surface area contributed by atoms with Crippen molar-refractivity contribution in [1.29, 1.82) is 0 Å². The van der Waals surface area contributed by atoms with Gasteiger partial charge < -0.3 is 4.42 Å². The molecule has 0 N–H and O–H groups in total. The first-order valence-electron chi connectivity index (χ1n) is 1.59. The molecule has 1 aromatic rings. The van der Waals surface area contributed by atoms with Crippen LogP contribution in [0.1, 0.15) is 0 Å². The maximum Gasteiger partial charge on any atom is 0.253 e. The number of hydrogen-bond acceptors (Lipinski definition) is 3. The predicted molar refractivity (Wildman–Crippen MR) is 28.8 cm³/mol. The Labute approximate surface area is 50.9 Å². The van der Waals surface area contributed by atoms with Gasteiger partial charge >= 0.3 is 0 Å². The number of thiol groups is 1. The van der Waals surface area contributed by atoms with E-state index in [0.29, 0.717) is 5.22 Å². The molecule has 0 atom stereocenters. The largest absolute Gasteiger partial charge is 0.420 e. The van der Waals surface area contributed by atoms with E-state index in [1.54, 1.807) is 0 Å². The molecule has 0 saturated heterocycles. The lowest BCUT2D eigenvalue weighted by molar-refractivity contribution is 0.458. The van der Waals surface area contributed by atoms with Crippen molar-refractivity contribution in [2.24, 2.45) is 0 Å². The Kier molecular flexibility index (Phi) is 1.25. The molecule has 0 aliphatic carbocycles. The highest BCUT2D eigenvalue weighted by atomic mass is 35.5. The minimum Gasteiger partial charge on any atom is -0.420 e. The number of aromatic nitrogens is 1. The van der Waals surface area contributed by atoms with Crippen molar-refractivity contribution >= 4 is 24.2 Å². The molecule has 0 bridgehead atoms. The lowest BCUT2D eigenvalue weighted by atomic mass is 11.0. The van der Waals surface area contributed by atoms with Crippen LogP contribution < -0.4 is 0 Å². The van der Waals surface area contributed by atoms with Crippen LogP contribution in [0.25, 0.3) is 0 Å².